The van der Waals surface area contributed by atoms with Gasteiger partial charge in [-0.25, -0.2) is 4.98 Å². The molecule has 3 heterocycles. The lowest BCUT2D eigenvalue weighted by Gasteiger charge is -2.27. The summed E-state index contributed by atoms with van der Waals surface area (Å²) >= 11 is 0. The minimum Gasteiger partial charge on any atom is -0.355 e. The molecule has 0 N–H and O–H groups in total. The Morgan fingerprint density at radius 1 is 0.660 bits per heavy atom. The van der Waals surface area contributed by atoms with Crippen LogP contribution in [0.25, 0.3) is 38.8 Å². The van der Waals surface area contributed by atoms with E-state index in [1.807, 2.05) is 6.20 Å². The van der Waals surface area contributed by atoms with Crippen molar-refractivity contribution in [2.24, 2.45) is 0 Å². The molecular weight excluding hydrogens is 589 g/mol. The van der Waals surface area contributed by atoms with Crippen LogP contribution < -0.4 is 20.2 Å². The van der Waals surface area contributed by atoms with Crippen LogP contribution in [-0.4, -0.2) is 31.3 Å². The highest BCUT2D eigenvalue weighted by Gasteiger charge is 2.30. The second kappa shape index (κ2) is 11.3. The van der Waals surface area contributed by atoms with Gasteiger partial charge in [0.1, 0.15) is 13.9 Å². The highest BCUT2D eigenvalue weighted by molar-refractivity contribution is 7.00. The van der Waals surface area contributed by atoms with Crippen molar-refractivity contribution in [3.63, 3.8) is 0 Å². The smallest absolute Gasteiger partial charge is 0.138 e. The van der Waals surface area contributed by atoms with E-state index in [-0.39, 0.29) is 0 Å². The Balaban J connectivity index is 1.25. The molecule has 232 valence electrons. The highest BCUT2D eigenvalue weighted by atomic mass is 28.3. The van der Waals surface area contributed by atoms with Crippen LogP contribution in [-0.2, 0) is 0 Å². The number of pyridine rings is 1. The summed E-state index contributed by atoms with van der Waals surface area (Å²) in [7, 11) is 0.0758. The number of para-hydroxylation sites is 3. The second-order valence-electron chi connectivity index (χ2n) is 13.7. The minimum absolute atomic E-state index is 0.436. The van der Waals surface area contributed by atoms with E-state index < -0.39 is 8.07 Å². The van der Waals surface area contributed by atoms with Crippen molar-refractivity contribution in [1.82, 2.24) is 9.55 Å². The third-order valence-electron chi connectivity index (χ3n) is 10.1. The lowest BCUT2D eigenvalue weighted by atomic mass is 9.93. The number of aromatic nitrogens is 2. The Kier molecular flexibility index (Phi) is 7.03. The summed E-state index contributed by atoms with van der Waals surface area (Å²) in [5.41, 5.74) is 10.00. The quantitative estimate of drug-likeness (QED) is 0.172. The molecule has 5 aromatic carbocycles. The summed E-state index contributed by atoms with van der Waals surface area (Å²) in [6.45, 7) is 10.3. The fourth-order valence-corrected chi connectivity index (χ4v) is 9.76. The minimum atomic E-state index is -2.09. The number of anilines is 3. The molecule has 8 rings (SSSR count). The summed E-state index contributed by atoms with van der Waals surface area (Å²) in [5, 5.41) is 5.34. The van der Waals surface area contributed by atoms with Crippen molar-refractivity contribution in [3.05, 3.63) is 139 Å². The van der Waals surface area contributed by atoms with Gasteiger partial charge in [-0.2, -0.15) is 0 Å². The molecule has 0 spiro atoms. The molecule has 0 amide bonds. The van der Waals surface area contributed by atoms with E-state index in [2.05, 4.69) is 176 Å². The van der Waals surface area contributed by atoms with E-state index in [0.717, 1.165) is 12.5 Å². The average Bonchev–Trinajstić information content (AvgIpc) is 3.62. The first-order valence-corrected chi connectivity index (χ1v) is 19.6. The van der Waals surface area contributed by atoms with Gasteiger partial charge in [-0.3, -0.25) is 4.57 Å². The number of hydrogen-bond acceptors (Lipinski definition) is 3. The standard InChI is InChI=1S/C42H40N4Si/c1-29(2)34-15-6-7-16-35(34)30-23-24-43-42(25-30)46-38-18-9-8-17-36(38)37-22-21-33(27-41(37)46)47(4,5)32-14-12-13-31(26-32)45-28-44(3)39-19-10-11-20-40(39)45/h6-27,29H,28H2,1-5H3. The van der Waals surface area contributed by atoms with Crippen LogP contribution in [0.3, 0.4) is 0 Å². The molecule has 0 atom stereocenters. The molecule has 0 saturated carbocycles. The average molecular weight is 629 g/mol. The summed E-state index contributed by atoms with van der Waals surface area (Å²) in [6.07, 6.45) is 1.96. The predicted molar refractivity (Wildman–Crippen MR) is 203 cm³/mol. The SMILES string of the molecule is CC(C)c1ccccc1-c1ccnc(-n2c3ccccc3c3ccc([Si](C)(C)c4cccc(N5CN(C)c6ccccc65)c4)cc32)c1. The van der Waals surface area contributed by atoms with Crippen LogP contribution in [0, 0.1) is 0 Å². The molecule has 0 unspecified atom stereocenters. The van der Waals surface area contributed by atoms with Crippen LogP contribution >= 0.6 is 0 Å². The summed E-state index contributed by atoms with van der Waals surface area (Å²) in [4.78, 5) is 9.73. The van der Waals surface area contributed by atoms with Crippen molar-refractivity contribution in [2.75, 3.05) is 23.5 Å². The van der Waals surface area contributed by atoms with E-state index in [9.17, 15) is 0 Å². The molecule has 2 aromatic heterocycles. The van der Waals surface area contributed by atoms with Gasteiger partial charge in [0.15, 0.2) is 0 Å². The molecular formula is C42H40N4Si. The third kappa shape index (κ3) is 4.85. The van der Waals surface area contributed by atoms with Crippen LogP contribution in [0.15, 0.2) is 134 Å². The topological polar surface area (TPSA) is 24.3 Å². The molecule has 0 radical (unpaired) electrons. The molecule has 4 nitrogen and oxygen atoms in total. The monoisotopic (exact) mass is 628 g/mol. The molecule has 0 aliphatic carbocycles. The van der Waals surface area contributed by atoms with E-state index >= 15 is 0 Å². The number of fused-ring (bicyclic) bond motifs is 4. The Hall–Kier alpha value is -5.13. The van der Waals surface area contributed by atoms with Gasteiger partial charge in [-0.1, -0.05) is 116 Å². The first kappa shape index (κ1) is 29.3. The van der Waals surface area contributed by atoms with Gasteiger partial charge in [0.05, 0.1) is 29.1 Å². The maximum atomic E-state index is 4.98. The maximum Gasteiger partial charge on any atom is 0.138 e. The molecule has 1 aliphatic rings. The van der Waals surface area contributed by atoms with Gasteiger partial charge < -0.3 is 9.80 Å². The van der Waals surface area contributed by atoms with Crippen LogP contribution in [0.1, 0.15) is 25.3 Å². The van der Waals surface area contributed by atoms with Crippen LogP contribution in [0.2, 0.25) is 13.1 Å². The van der Waals surface area contributed by atoms with Gasteiger partial charge in [-0.05, 0) is 71.1 Å². The molecule has 0 fully saturated rings. The third-order valence-corrected chi connectivity index (χ3v) is 13.6. The van der Waals surface area contributed by atoms with Gasteiger partial charge in [0.2, 0.25) is 0 Å². The van der Waals surface area contributed by atoms with Crippen molar-refractivity contribution < 1.29 is 0 Å². The first-order valence-electron chi connectivity index (χ1n) is 16.6. The Morgan fingerprint density at radius 3 is 2.23 bits per heavy atom. The second-order valence-corrected chi connectivity index (χ2v) is 18.1. The van der Waals surface area contributed by atoms with Crippen LogP contribution in [0.4, 0.5) is 17.1 Å². The molecule has 0 saturated heterocycles. The molecule has 47 heavy (non-hydrogen) atoms. The van der Waals surface area contributed by atoms with Gasteiger partial charge in [0, 0.05) is 29.7 Å². The van der Waals surface area contributed by atoms with E-state index in [4.69, 9.17) is 4.98 Å². The number of hydrogen-bond donors (Lipinski definition) is 0. The van der Waals surface area contributed by atoms with Crippen molar-refractivity contribution in [2.45, 2.75) is 32.9 Å². The number of rotatable bonds is 6. The van der Waals surface area contributed by atoms with Crippen molar-refractivity contribution >= 4 is 57.3 Å². The zero-order valence-corrected chi connectivity index (χ0v) is 28.8. The first-order chi connectivity index (χ1) is 22.8. The fourth-order valence-electron chi connectivity index (χ4n) is 7.41. The Labute approximate surface area is 278 Å². The van der Waals surface area contributed by atoms with Gasteiger partial charge in [0.25, 0.3) is 0 Å². The number of benzene rings is 5. The Morgan fingerprint density at radius 2 is 1.38 bits per heavy atom. The molecule has 1 aliphatic heterocycles. The summed E-state index contributed by atoms with van der Waals surface area (Å²) in [6, 6.07) is 47.0. The lowest BCUT2D eigenvalue weighted by molar-refractivity contribution is 0.869. The van der Waals surface area contributed by atoms with Gasteiger partial charge >= 0.3 is 0 Å². The van der Waals surface area contributed by atoms with E-state index in [1.54, 1.807) is 0 Å². The lowest BCUT2D eigenvalue weighted by Crippen LogP contribution is -2.53. The number of nitrogens with zero attached hydrogens (tertiary/aromatic N) is 4. The van der Waals surface area contributed by atoms with E-state index in [1.165, 1.54) is 65.9 Å². The van der Waals surface area contributed by atoms with E-state index in [0.29, 0.717) is 5.92 Å². The molecule has 0 bridgehead atoms. The van der Waals surface area contributed by atoms with Gasteiger partial charge in [-0.15, -0.1) is 0 Å². The molecule has 7 aromatic rings. The molecule has 5 heteroatoms. The van der Waals surface area contributed by atoms with Crippen molar-refractivity contribution in [1.29, 1.82) is 0 Å². The zero-order valence-electron chi connectivity index (χ0n) is 27.8. The largest absolute Gasteiger partial charge is 0.355 e. The van der Waals surface area contributed by atoms with Crippen LogP contribution in [0.5, 0.6) is 0 Å². The fraction of sp³-hybridized carbons (Fsp3) is 0.167. The maximum absolute atomic E-state index is 4.98. The predicted octanol–water partition coefficient (Wildman–Crippen LogP) is 9.34. The zero-order chi connectivity index (χ0) is 32.3. The Bertz CT molecular complexity index is 2280. The summed E-state index contributed by atoms with van der Waals surface area (Å²) < 4.78 is 2.37. The van der Waals surface area contributed by atoms with Crippen molar-refractivity contribution in [3.8, 4) is 16.9 Å². The highest BCUT2D eigenvalue weighted by Crippen LogP contribution is 2.39. The normalized spacial score (nSPS) is 13.2. The summed E-state index contributed by atoms with van der Waals surface area (Å²) in [5.74, 6) is 1.38.